The van der Waals surface area contributed by atoms with Crippen LogP contribution in [0.15, 0.2) is 18.3 Å². The van der Waals surface area contributed by atoms with Crippen molar-refractivity contribution in [1.82, 2.24) is 15.1 Å². The van der Waals surface area contributed by atoms with Crippen LogP contribution in [0.3, 0.4) is 0 Å². The molecular weight excluding hydrogens is 249 g/mol. The quantitative estimate of drug-likeness (QED) is 0.809. The Morgan fingerprint density at radius 1 is 1.50 bits per heavy atom. The van der Waals surface area contributed by atoms with Gasteiger partial charge in [-0.3, -0.25) is 4.98 Å². The molecule has 5 heteroatoms. The van der Waals surface area contributed by atoms with Crippen LogP contribution in [0.2, 0.25) is 6.82 Å². The minimum absolute atomic E-state index is 0.373. The van der Waals surface area contributed by atoms with Crippen LogP contribution < -0.4 is 5.32 Å². The molecule has 1 aromatic heterocycles. The highest BCUT2D eigenvalue weighted by Crippen LogP contribution is 2.27. The van der Waals surface area contributed by atoms with Crippen LogP contribution >= 0.6 is 0 Å². The van der Waals surface area contributed by atoms with Crippen LogP contribution in [0.5, 0.6) is 0 Å². The van der Waals surface area contributed by atoms with E-state index in [-0.39, 0.29) is 7.05 Å². The third kappa shape index (κ3) is 4.89. The number of nitrogens with one attached hydrogen (secondary N) is 1. The molecule has 0 bridgehead atoms. The fourth-order valence-electron chi connectivity index (χ4n) is 2.41. The zero-order valence-corrected chi connectivity index (χ0v) is 13.3. The van der Waals surface area contributed by atoms with Gasteiger partial charge in [-0.1, -0.05) is 19.9 Å². The van der Waals surface area contributed by atoms with Crippen molar-refractivity contribution in [2.45, 2.75) is 46.0 Å². The molecule has 4 nitrogen and oxygen atoms in total. The minimum Gasteiger partial charge on any atom is -0.437 e. The molecule has 0 saturated heterocycles. The fourth-order valence-corrected chi connectivity index (χ4v) is 2.41. The van der Waals surface area contributed by atoms with Gasteiger partial charge in [0.15, 0.2) is 0 Å². The van der Waals surface area contributed by atoms with Crippen LogP contribution in [-0.2, 0) is 6.42 Å². The number of hydrogen-bond donors (Lipinski definition) is 2. The predicted molar refractivity (Wildman–Crippen MR) is 85.7 cm³/mol. The molecule has 0 amide bonds. The Kier molecular flexibility index (Phi) is 7.81. The van der Waals surface area contributed by atoms with E-state index in [2.05, 4.69) is 16.4 Å². The molecule has 0 radical (unpaired) electrons. The highest BCUT2D eigenvalue weighted by atomic mass is 16.2. The number of likely N-dealkylation sites (N-methyl/N-ethyl adjacent to an activating group) is 1. The second-order valence-electron chi connectivity index (χ2n) is 5.06. The van der Waals surface area contributed by atoms with E-state index in [1.165, 1.54) is 17.7 Å². The lowest BCUT2D eigenvalue weighted by molar-refractivity contribution is 0.383. The topological polar surface area (TPSA) is 48.4 Å². The van der Waals surface area contributed by atoms with Crippen molar-refractivity contribution >= 4 is 7.05 Å². The SMILES string of the molecule is CB(O)N(C)CCNC1CCCc2cccnc21.CC. The highest BCUT2D eigenvalue weighted by Gasteiger charge is 2.20. The molecule has 112 valence electrons. The Morgan fingerprint density at radius 2 is 2.25 bits per heavy atom. The Balaban J connectivity index is 0.000000956. The number of pyridine rings is 1. The molecule has 0 saturated carbocycles. The summed E-state index contributed by atoms with van der Waals surface area (Å²) < 4.78 is 0. The summed E-state index contributed by atoms with van der Waals surface area (Å²) in [5, 5.41) is 12.9. The Morgan fingerprint density at radius 3 is 2.95 bits per heavy atom. The summed E-state index contributed by atoms with van der Waals surface area (Å²) in [5.41, 5.74) is 2.59. The van der Waals surface area contributed by atoms with Gasteiger partial charge in [0.05, 0.1) is 5.69 Å². The van der Waals surface area contributed by atoms with Crippen molar-refractivity contribution in [3.05, 3.63) is 29.6 Å². The third-order valence-corrected chi connectivity index (χ3v) is 3.69. The summed E-state index contributed by atoms with van der Waals surface area (Å²) in [6.07, 6.45) is 5.40. The van der Waals surface area contributed by atoms with Crippen LogP contribution in [0.25, 0.3) is 0 Å². The molecular formula is C15H28BN3O. The van der Waals surface area contributed by atoms with Crippen molar-refractivity contribution in [3.8, 4) is 0 Å². The van der Waals surface area contributed by atoms with Gasteiger partial charge in [-0.25, -0.2) is 0 Å². The molecule has 0 aliphatic heterocycles. The molecule has 2 N–H and O–H groups in total. The maximum atomic E-state index is 9.40. The van der Waals surface area contributed by atoms with Gasteiger partial charge < -0.3 is 15.2 Å². The molecule has 1 aliphatic carbocycles. The van der Waals surface area contributed by atoms with E-state index >= 15 is 0 Å². The molecule has 2 rings (SSSR count). The number of rotatable bonds is 5. The van der Waals surface area contributed by atoms with Gasteiger partial charge in [-0.05, 0) is 44.8 Å². The molecule has 1 unspecified atom stereocenters. The summed E-state index contributed by atoms with van der Waals surface area (Å²) >= 11 is 0. The van der Waals surface area contributed by atoms with Gasteiger partial charge in [0.2, 0.25) is 0 Å². The lowest BCUT2D eigenvalue weighted by Crippen LogP contribution is -2.39. The lowest BCUT2D eigenvalue weighted by Gasteiger charge is -2.26. The highest BCUT2D eigenvalue weighted by molar-refractivity contribution is 6.45. The molecule has 20 heavy (non-hydrogen) atoms. The van der Waals surface area contributed by atoms with Gasteiger partial charge in [0, 0.05) is 25.3 Å². The maximum absolute atomic E-state index is 9.40. The molecule has 1 atom stereocenters. The average Bonchev–Trinajstić information content (AvgIpc) is 2.49. The zero-order valence-electron chi connectivity index (χ0n) is 13.3. The van der Waals surface area contributed by atoms with Crippen LogP contribution in [0.4, 0.5) is 0 Å². The van der Waals surface area contributed by atoms with E-state index in [4.69, 9.17) is 0 Å². The van der Waals surface area contributed by atoms with E-state index in [9.17, 15) is 5.02 Å². The Bertz CT molecular complexity index is 387. The molecule has 0 fully saturated rings. The standard InChI is InChI=1S/C13H22BN3O.C2H6/c1-14(18)17(2)10-9-15-12-7-3-5-11-6-4-8-16-13(11)12;1-2/h4,6,8,12,15,18H,3,5,7,9-10H2,1-2H3;1-2H3. The number of hydrogen-bond acceptors (Lipinski definition) is 4. The first kappa shape index (κ1) is 17.1. The van der Waals surface area contributed by atoms with Crippen molar-refractivity contribution in [1.29, 1.82) is 0 Å². The maximum Gasteiger partial charge on any atom is 0.376 e. The predicted octanol–water partition coefficient (Wildman–Crippen LogP) is 2.12. The largest absolute Gasteiger partial charge is 0.437 e. The summed E-state index contributed by atoms with van der Waals surface area (Å²) in [5.74, 6) is 0. The van der Waals surface area contributed by atoms with E-state index in [0.717, 1.165) is 25.9 Å². The smallest absolute Gasteiger partial charge is 0.376 e. The molecule has 1 aliphatic rings. The van der Waals surface area contributed by atoms with Crippen molar-refractivity contribution < 1.29 is 5.02 Å². The fraction of sp³-hybridized carbons (Fsp3) is 0.667. The van der Waals surface area contributed by atoms with Gasteiger partial charge in [-0.15, -0.1) is 0 Å². The minimum atomic E-state index is -0.386. The normalized spacial score (nSPS) is 17.2. The number of aryl methyl sites for hydroxylation is 1. The van der Waals surface area contributed by atoms with Crippen molar-refractivity contribution in [3.63, 3.8) is 0 Å². The first-order chi connectivity index (χ1) is 9.68. The molecule has 1 aromatic rings. The first-order valence-corrected chi connectivity index (χ1v) is 7.74. The van der Waals surface area contributed by atoms with Crippen LogP contribution in [-0.4, -0.2) is 42.0 Å². The number of nitrogens with zero attached hydrogens (tertiary/aromatic N) is 2. The Labute approximate surface area is 123 Å². The molecule has 0 aromatic carbocycles. The third-order valence-electron chi connectivity index (χ3n) is 3.69. The number of fused-ring (bicyclic) bond motifs is 1. The summed E-state index contributed by atoms with van der Waals surface area (Å²) in [6.45, 7) is 7.51. The van der Waals surface area contributed by atoms with E-state index < -0.39 is 0 Å². The number of aromatic nitrogens is 1. The Hall–Kier alpha value is -0.905. The van der Waals surface area contributed by atoms with Crippen LogP contribution in [0, 0.1) is 0 Å². The van der Waals surface area contributed by atoms with Gasteiger partial charge in [0.1, 0.15) is 0 Å². The van der Waals surface area contributed by atoms with Gasteiger partial charge in [-0.2, -0.15) is 0 Å². The molecule has 1 heterocycles. The second kappa shape index (κ2) is 9.11. The summed E-state index contributed by atoms with van der Waals surface area (Å²) in [7, 11) is 1.54. The van der Waals surface area contributed by atoms with E-state index in [1.807, 2.05) is 38.0 Å². The first-order valence-electron chi connectivity index (χ1n) is 7.74. The molecule has 0 spiro atoms. The zero-order chi connectivity index (χ0) is 15.0. The average molecular weight is 277 g/mol. The van der Waals surface area contributed by atoms with Gasteiger partial charge in [0.25, 0.3) is 0 Å². The van der Waals surface area contributed by atoms with Crippen molar-refractivity contribution in [2.24, 2.45) is 0 Å². The van der Waals surface area contributed by atoms with Crippen LogP contribution in [0.1, 0.15) is 44.0 Å². The van der Waals surface area contributed by atoms with E-state index in [0.29, 0.717) is 6.04 Å². The second-order valence-corrected chi connectivity index (χ2v) is 5.06. The van der Waals surface area contributed by atoms with Gasteiger partial charge >= 0.3 is 7.05 Å². The van der Waals surface area contributed by atoms with Crippen molar-refractivity contribution in [2.75, 3.05) is 20.1 Å². The summed E-state index contributed by atoms with van der Waals surface area (Å²) in [6, 6.07) is 4.57. The summed E-state index contributed by atoms with van der Waals surface area (Å²) in [4.78, 5) is 6.43. The monoisotopic (exact) mass is 277 g/mol. The lowest BCUT2D eigenvalue weighted by atomic mass is 9.86. The van der Waals surface area contributed by atoms with E-state index in [1.54, 1.807) is 6.82 Å².